The number of esters is 1. The Balaban J connectivity index is 1.66. The number of ether oxygens (including phenoxy) is 1. The lowest BCUT2D eigenvalue weighted by atomic mass is 9.95. The van der Waals surface area contributed by atoms with Crippen molar-refractivity contribution in [2.75, 3.05) is 6.54 Å². The van der Waals surface area contributed by atoms with Gasteiger partial charge < -0.3 is 20.0 Å². The van der Waals surface area contributed by atoms with Gasteiger partial charge in [-0.05, 0) is 88.4 Å². The van der Waals surface area contributed by atoms with Gasteiger partial charge >= 0.3 is 5.97 Å². The minimum Gasteiger partial charge on any atom is -0.456 e. The summed E-state index contributed by atoms with van der Waals surface area (Å²) in [5.74, 6) is -3.31. The molecule has 0 bridgehead atoms. The number of imide groups is 3. The van der Waals surface area contributed by atoms with Gasteiger partial charge in [-0.3, -0.25) is 19.3 Å². The van der Waals surface area contributed by atoms with Crippen molar-refractivity contribution in [1.29, 1.82) is 0 Å². The molecule has 1 unspecified atom stereocenters. The van der Waals surface area contributed by atoms with E-state index >= 15 is 0 Å². The van der Waals surface area contributed by atoms with Crippen LogP contribution in [0.4, 0.5) is 0 Å². The Morgan fingerprint density at radius 3 is 2.20 bits per heavy atom. The lowest BCUT2D eigenvalue weighted by Crippen LogP contribution is -2.58. The standard InChI is InChI=1S/C34H44N4O7/c1-19(2)26(35)32(42)38(30(40)21-14-16-22(17-15-21)33(43)45-34(5,6)7)31(41)24-12-10-18-37(24)27(20(3)4)28(39)29-36-23-11-8-9-13-25(23)44-29/h8-9,11,13-17,19-20,24,26-28,39H,10,12,18,35H2,1-7H3/t24-,26-,27-,28?/m0/s1. The van der Waals surface area contributed by atoms with Gasteiger partial charge in [-0.1, -0.05) is 39.8 Å². The molecule has 1 fully saturated rings. The second kappa shape index (κ2) is 13.6. The molecule has 2 heterocycles. The highest BCUT2D eigenvalue weighted by atomic mass is 16.6. The minimum atomic E-state index is -1.18. The Labute approximate surface area is 263 Å². The maximum Gasteiger partial charge on any atom is 0.338 e. The molecule has 4 atom stereocenters. The van der Waals surface area contributed by atoms with E-state index in [0.717, 1.165) is 0 Å². The number of nitrogens with two attached hydrogens (primary N) is 1. The van der Waals surface area contributed by atoms with E-state index in [9.17, 15) is 24.3 Å². The molecule has 11 heteroatoms. The second-order valence-electron chi connectivity index (χ2n) is 13.3. The summed E-state index contributed by atoms with van der Waals surface area (Å²) >= 11 is 0. The van der Waals surface area contributed by atoms with Gasteiger partial charge in [0.25, 0.3) is 17.7 Å². The van der Waals surface area contributed by atoms with Crippen LogP contribution in [-0.4, -0.2) is 73.9 Å². The number of para-hydroxylation sites is 2. The van der Waals surface area contributed by atoms with Crippen molar-refractivity contribution >= 4 is 34.8 Å². The number of oxazole rings is 1. The zero-order valence-corrected chi connectivity index (χ0v) is 27.0. The lowest BCUT2D eigenvalue weighted by molar-refractivity contribution is -0.146. The first kappa shape index (κ1) is 34.0. The van der Waals surface area contributed by atoms with Crippen molar-refractivity contribution < 1.29 is 33.4 Å². The van der Waals surface area contributed by atoms with Gasteiger partial charge in [-0.2, -0.15) is 0 Å². The van der Waals surface area contributed by atoms with Crippen molar-refractivity contribution in [3.63, 3.8) is 0 Å². The van der Waals surface area contributed by atoms with Crippen LogP contribution >= 0.6 is 0 Å². The maximum atomic E-state index is 14.3. The fraction of sp³-hybridized carbons (Fsp3) is 0.500. The number of hydrogen-bond donors (Lipinski definition) is 2. The highest BCUT2D eigenvalue weighted by molar-refractivity contribution is 6.18. The van der Waals surface area contributed by atoms with E-state index in [1.807, 2.05) is 30.9 Å². The molecule has 3 aromatic rings. The summed E-state index contributed by atoms with van der Waals surface area (Å²) in [4.78, 5) is 61.3. The molecule has 0 spiro atoms. The number of fused-ring (bicyclic) bond motifs is 1. The number of benzene rings is 2. The van der Waals surface area contributed by atoms with E-state index in [2.05, 4.69) is 4.98 Å². The van der Waals surface area contributed by atoms with E-state index in [1.165, 1.54) is 24.3 Å². The smallest absolute Gasteiger partial charge is 0.338 e. The third kappa shape index (κ3) is 7.49. The fourth-order valence-corrected chi connectivity index (χ4v) is 5.61. The molecule has 0 radical (unpaired) electrons. The Morgan fingerprint density at radius 1 is 1.00 bits per heavy atom. The Bertz CT molecular complexity index is 1510. The molecule has 242 valence electrons. The molecule has 3 amide bonds. The first-order chi connectivity index (χ1) is 21.1. The number of hydrogen-bond acceptors (Lipinski definition) is 10. The number of rotatable bonds is 9. The summed E-state index contributed by atoms with van der Waals surface area (Å²) in [5.41, 5.74) is 6.90. The molecule has 11 nitrogen and oxygen atoms in total. The molecule has 0 saturated carbocycles. The molecule has 1 aliphatic heterocycles. The van der Waals surface area contributed by atoms with E-state index in [1.54, 1.807) is 46.8 Å². The van der Waals surface area contributed by atoms with E-state index in [4.69, 9.17) is 14.9 Å². The average molecular weight is 621 g/mol. The Morgan fingerprint density at radius 2 is 1.62 bits per heavy atom. The highest BCUT2D eigenvalue weighted by Crippen LogP contribution is 2.34. The zero-order valence-electron chi connectivity index (χ0n) is 27.0. The van der Waals surface area contributed by atoms with Crippen LogP contribution in [0.5, 0.6) is 0 Å². The highest BCUT2D eigenvalue weighted by Gasteiger charge is 2.46. The number of amides is 3. The summed E-state index contributed by atoms with van der Waals surface area (Å²) in [5, 5.41) is 11.5. The van der Waals surface area contributed by atoms with Crippen molar-refractivity contribution in [2.24, 2.45) is 17.6 Å². The van der Waals surface area contributed by atoms with Crippen LogP contribution in [-0.2, 0) is 14.3 Å². The largest absolute Gasteiger partial charge is 0.456 e. The Kier molecular flexibility index (Phi) is 10.3. The van der Waals surface area contributed by atoms with Crippen molar-refractivity contribution in [1.82, 2.24) is 14.8 Å². The molecule has 3 N–H and O–H groups in total. The third-order valence-electron chi connectivity index (χ3n) is 7.95. The number of likely N-dealkylation sites (tertiary alicyclic amines) is 1. The van der Waals surface area contributed by atoms with Gasteiger partial charge in [0.05, 0.1) is 17.6 Å². The molecular formula is C34H44N4O7. The fourth-order valence-electron chi connectivity index (χ4n) is 5.61. The zero-order chi connectivity index (χ0) is 33.2. The summed E-state index contributed by atoms with van der Waals surface area (Å²) in [6.45, 7) is 13.0. The SMILES string of the molecule is CC(C)[C@@H](C(O)c1nc2ccccc2o1)N1CCC[C@H]1C(=O)N(C(=O)c1ccc(C(=O)OC(C)(C)C)cc1)C(=O)[C@@H](N)C(C)C. The molecule has 45 heavy (non-hydrogen) atoms. The van der Waals surface area contributed by atoms with Crippen LogP contribution in [0.3, 0.4) is 0 Å². The van der Waals surface area contributed by atoms with Gasteiger partial charge in [-0.15, -0.1) is 0 Å². The number of aliphatic hydroxyl groups excluding tert-OH is 1. The number of carbonyl (C=O) groups excluding carboxylic acids is 4. The topological polar surface area (TPSA) is 156 Å². The van der Waals surface area contributed by atoms with Crippen LogP contribution in [0.2, 0.25) is 0 Å². The average Bonchev–Trinajstić information content (AvgIpc) is 3.63. The maximum absolute atomic E-state index is 14.3. The van der Waals surface area contributed by atoms with Gasteiger partial charge in [0.15, 0.2) is 5.58 Å². The van der Waals surface area contributed by atoms with Gasteiger partial charge in [0, 0.05) is 11.6 Å². The van der Waals surface area contributed by atoms with Gasteiger partial charge in [0.2, 0.25) is 5.89 Å². The Hall–Kier alpha value is -3.93. The molecule has 1 saturated heterocycles. The summed E-state index contributed by atoms with van der Waals surface area (Å²) < 4.78 is 11.3. The first-order valence-corrected chi connectivity index (χ1v) is 15.4. The van der Waals surface area contributed by atoms with Crippen molar-refractivity contribution in [3.05, 3.63) is 65.5 Å². The molecule has 1 aliphatic rings. The minimum absolute atomic E-state index is 0.0384. The number of nitrogens with zero attached hydrogens (tertiary/aromatic N) is 3. The monoisotopic (exact) mass is 620 g/mol. The van der Waals surface area contributed by atoms with Crippen LogP contribution in [0, 0.1) is 11.8 Å². The van der Waals surface area contributed by atoms with E-state index in [0.29, 0.717) is 35.4 Å². The van der Waals surface area contributed by atoms with Gasteiger partial charge in [0.1, 0.15) is 17.2 Å². The first-order valence-electron chi connectivity index (χ1n) is 15.4. The summed E-state index contributed by atoms with van der Waals surface area (Å²) in [6.07, 6.45) is -0.200. The predicted molar refractivity (Wildman–Crippen MR) is 168 cm³/mol. The molecule has 2 aromatic carbocycles. The van der Waals surface area contributed by atoms with E-state index in [-0.39, 0.29) is 28.9 Å². The normalized spacial score (nSPS) is 17.8. The third-order valence-corrected chi connectivity index (χ3v) is 7.95. The summed E-state index contributed by atoms with van der Waals surface area (Å²) in [7, 11) is 0. The van der Waals surface area contributed by atoms with Gasteiger partial charge in [-0.25, -0.2) is 14.7 Å². The number of aliphatic hydroxyl groups is 1. The molecule has 4 rings (SSSR count). The predicted octanol–water partition coefficient (Wildman–Crippen LogP) is 4.48. The van der Waals surface area contributed by atoms with E-state index < -0.39 is 53.5 Å². The van der Waals surface area contributed by atoms with Crippen LogP contribution in [0.25, 0.3) is 11.1 Å². The molecule has 1 aromatic heterocycles. The number of carbonyl (C=O) groups is 4. The van der Waals surface area contributed by atoms with Crippen molar-refractivity contribution in [2.45, 2.75) is 91.1 Å². The second-order valence-corrected chi connectivity index (χ2v) is 13.3. The summed E-state index contributed by atoms with van der Waals surface area (Å²) in [6, 6.07) is 10.2. The van der Waals surface area contributed by atoms with Crippen LogP contribution in [0.15, 0.2) is 52.9 Å². The van der Waals surface area contributed by atoms with Crippen LogP contribution in [0.1, 0.15) is 94.0 Å². The molecular weight excluding hydrogens is 576 g/mol. The van der Waals surface area contributed by atoms with Crippen LogP contribution < -0.4 is 5.73 Å². The quantitative estimate of drug-likeness (QED) is 0.258. The number of aromatic nitrogens is 1. The molecule has 0 aliphatic carbocycles. The lowest BCUT2D eigenvalue weighted by Gasteiger charge is -2.38. The van der Waals surface area contributed by atoms with Crippen molar-refractivity contribution in [3.8, 4) is 0 Å².